The fourth-order valence-corrected chi connectivity index (χ4v) is 3.28. The molecule has 1 aromatic heterocycles. The van der Waals surface area contributed by atoms with Crippen LogP contribution in [0, 0.1) is 0 Å². The number of rotatable bonds is 7. The maximum Gasteiger partial charge on any atom is 0.223 e. The zero-order valence-corrected chi connectivity index (χ0v) is 19.0. The maximum absolute atomic E-state index is 12.4. The third-order valence-corrected chi connectivity index (χ3v) is 4.71. The second kappa shape index (κ2) is 11.1. The lowest BCUT2D eigenvalue weighted by atomic mass is 10.1. The molecule has 3 rings (SSSR count). The van der Waals surface area contributed by atoms with Gasteiger partial charge in [0.25, 0.3) is 0 Å². The zero-order valence-electron chi connectivity index (χ0n) is 16.6. The first-order chi connectivity index (χ1) is 13.2. The second-order valence-corrected chi connectivity index (χ2v) is 6.93. The fraction of sp³-hybridized carbons (Fsp3) is 0.429. The van der Waals surface area contributed by atoms with Crippen LogP contribution in [0.4, 0.5) is 0 Å². The molecule has 0 spiro atoms. The number of carbonyl (C=O) groups is 1. The van der Waals surface area contributed by atoms with Gasteiger partial charge in [0.05, 0.1) is 6.54 Å². The molecule has 0 saturated heterocycles. The number of nitrogens with zero attached hydrogens (tertiary/aromatic N) is 3. The van der Waals surface area contributed by atoms with E-state index in [4.69, 9.17) is 0 Å². The second-order valence-electron chi connectivity index (χ2n) is 6.93. The molecule has 2 aromatic rings. The van der Waals surface area contributed by atoms with Crippen LogP contribution in [0.2, 0.25) is 0 Å². The zero-order chi connectivity index (χ0) is 19.1. The van der Waals surface area contributed by atoms with Crippen molar-refractivity contribution in [2.45, 2.75) is 39.4 Å². The number of aryl methyl sites for hydroxylation is 1. The molecule has 1 aromatic carbocycles. The molecule has 7 heteroatoms. The molecule has 1 aliphatic heterocycles. The number of fused-ring (bicyclic) bond motifs is 1. The molecule has 1 aliphatic rings. The number of hydrogen-bond acceptors (Lipinski definition) is 2. The molecule has 1 amide bonds. The lowest BCUT2D eigenvalue weighted by Crippen LogP contribution is -2.38. The van der Waals surface area contributed by atoms with Crippen molar-refractivity contribution in [2.75, 3.05) is 13.1 Å². The van der Waals surface area contributed by atoms with Crippen molar-refractivity contribution >= 4 is 35.8 Å². The van der Waals surface area contributed by atoms with E-state index in [1.807, 2.05) is 41.8 Å². The van der Waals surface area contributed by atoms with Gasteiger partial charge in [0.15, 0.2) is 5.96 Å². The third kappa shape index (κ3) is 6.25. The van der Waals surface area contributed by atoms with Gasteiger partial charge in [-0.2, -0.15) is 0 Å². The normalized spacial score (nSPS) is 13.1. The van der Waals surface area contributed by atoms with Crippen LogP contribution < -0.4 is 10.6 Å². The van der Waals surface area contributed by atoms with Crippen molar-refractivity contribution in [1.82, 2.24) is 20.1 Å². The van der Waals surface area contributed by atoms with E-state index in [-0.39, 0.29) is 29.9 Å². The molecule has 0 radical (unpaired) electrons. The van der Waals surface area contributed by atoms with Crippen LogP contribution in [0.1, 0.15) is 36.5 Å². The topological polar surface area (TPSA) is 61.7 Å². The van der Waals surface area contributed by atoms with Gasteiger partial charge in [-0.05, 0) is 36.1 Å². The number of aliphatic imine (C=N–C) groups is 1. The van der Waals surface area contributed by atoms with E-state index in [0.717, 1.165) is 38.6 Å². The minimum absolute atomic E-state index is 0. The van der Waals surface area contributed by atoms with Crippen LogP contribution in [0.5, 0.6) is 0 Å². The summed E-state index contributed by atoms with van der Waals surface area (Å²) in [6, 6.07) is 10.4. The smallest absolute Gasteiger partial charge is 0.223 e. The van der Waals surface area contributed by atoms with E-state index in [1.165, 1.54) is 16.7 Å². The van der Waals surface area contributed by atoms with E-state index in [2.05, 4.69) is 40.0 Å². The van der Waals surface area contributed by atoms with Crippen molar-refractivity contribution in [2.24, 2.45) is 12.0 Å². The number of aromatic nitrogens is 1. The number of nitrogens with one attached hydrogen (secondary N) is 2. The minimum Gasteiger partial charge on any atom is -0.357 e. The number of amides is 1. The lowest BCUT2D eigenvalue weighted by Gasteiger charge is -2.16. The van der Waals surface area contributed by atoms with Crippen LogP contribution in [0.15, 0.2) is 47.7 Å². The Morgan fingerprint density at radius 2 is 1.86 bits per heavy atom. The molecule has 2 N–H and O–H groups in total. The molecular formula is C21H30IN5O. The van der Waals surface area contributed by atoms with Gasteiger partial charge in [-0.25, -0.2) is 4.99 Å². The summed E-state index contributed by atoms with van der Waals surface area (Å²) in [6.07, 6.45) is 5.44. The van der Waals surface area contributed by atoms with Gasteiger partial charge in [0.1, 0.15) is 0 Å². The Labute approximate surface area is 184 Å². The monoisotopic (exact) mass is 495 g/mol. The number of guanidine groups is 1. The number of benzene rings is 1. The van der Waals surface area contributed by atoms with Crippen molar-refractivity contribution in [3.05, 3.63) is 59.4 Å². The first-order valence-electron chi connectivity index (χ1n) is 9.63. The molecule has 6 nitrogen and oxygen atoms in total. The van der Waals surface area contributed by atoms with Gasteiger partial charge in [0.2, 0.25) is 5.91 Å². The maximum atomic E-state index is 12.4. The first kappa shape index (κ1) is 22.3. The Bertz CT molecular complexity index is 777. The Kier molecular flexibility index (Phi) is 8.82. The van der Waals surface area contributed by atoms with Crippen LogP contribution >= 0.6 is 24.0 Å². The van der Waals surface area contributed by atoms with Crippen LogP contribution in [0.25, 0.3) is 0 Å². The SMILES string of the molecule is CCNC(=NCc1ccn(C)c1)NCCCC(=O)N1Cc2ccccc2C1.I. The van der Waals surface area contributed by atoms with Crippen LogP contribution in [-0.4, -0.2) is 34.4 Å². The summed E-state index contributed by atoms with van der Waals surface area (Å²) in [6.45, 7) is 5.71. The summed E-state index contributed by atoms with van der Waals surface area (Å²) in [4.78, 5) is 19.0. The van der Waals surface area contributed by atoms with Gasteiger partial charge in [-0.15, -0.1) is 24.0 Å². The van der Waals surface area contributed by atoms with E-state index < -0.39 is 0 Å². The highest BCUT2D eigenvalue weighted by atomic mass is 127. The molecule has 0 fully saturated rings. The molecule has 0 atom stereocenters. The Morgan fingerprint density at radius 3 is 2.46 bits per heavy atom. The third-order valence-electron chi connectivity index (χ3n) is 4.71. The standard InChI is InChI=1S/C21H29N5O.HI/c1-3-22-21(24-13-17-10-12-25(2)14-17)23-11-6-9-20(27)26-15-18-7-4-5-8-19(18)16-26;/h4-5,7-8,10,12,14H,3,6,9,11,13,15-16H2,1-2H3,(H2,22,23,24);1H. The summed E-state index contributed by atoms with van der Waals surface area (Å²) in [5, 5.41) is 6.57. The van der Waals surface area contributed by atoms with E-state index >= 15 is 0 Å². The summed E-state index contributed by atoms with van der Waals surface area (Å²) in [5.74, 6) is 1.02. The lowest BCUT2D eigenvalue weighted by molar-refractivity contribution is -0.131. The Morgan fingerprint density at radius 1 is 1.14 bits per heavy atom. The number of carbonyl (C=O) groups excluding carboxylic acids is 1. The summed E-state index contributed by atoms with van der Waals surface area (Å²) in [5.41, 5.74) is 3.72. The van der Waals surface area contributed by atoms with E-state index in [9.17, 15) is 4.79 Å². The highest BCUT2D eigenvalue weighted by Crippen LogP contribution is 2.22. The Balaban J connectivity index is 0.00000280. The quantitative estimate of drug-likeness (QED) is 0.269. The average Bonchev–Trinajstić information content (AvgIpc) is 3.28. The number of halogens is 1. The predicted octanol–water partition coefficient (Wildman–Crippen LogP) is 3.02. The molecule has 0 saturated carbocycles. The molecule has 2 heterocycles. The highest BCUT2D eigenvalue weighted by molar-refractivity contribution is 14.0. The first-order valence-corrected chi connectivity index (χ1v) is 9.63. The van der Waals surface area contributed by atoms with Crippen molar-refractivity contribution < 1.29 is 4.79 Å². The van der Waals surface area contributed by atoms with Crippen LogP contribution in [-0.2, 0) is 31.5 Å². The van der Waals surface area contributed by atoms with Gasteiger partial charge in [-0.3, -0.25) is 4.79 Å². The Hall–Kier alpha value is -2.03. The molecule has 0 aliphatic carbocycles. The molecule has 0 bridgehead atoms. The van der Waals surface area contributed by atoms with Gasteiger partial charge in [0, 0.05) is 52.0 Å². The van der Waals surface area contributed by atoms with Gasteiger partial charge >= 0.3 is 0 Å². The fourth-order valence-electron chi connectivity index (χ4n) is 3.28. The van der Waals surface area contributed by atoms with Crippen molar-refractivity contribution in [1.29, 1.82) is 0 Å². The van der Waals surface area contributed by atoms with Crippen molar-refractivity contribution in [3.8, 4) is 0 Å². The minimum atomic E-state index is 0. The summed E-state index contributed by atoms with van der Waals surface area (Å²) < 4.78 is 2.02. The van der Waals surface area contributed by atoms with Crippen LogP contribution in [0.3, 0.4) is 0 Å². The van der Waals surface area contributed by atoms with Crippen molar-refractivity contribution in [3.63, 3.8) is 0 Å². The average molecular weight is 495 g/mol. The summed E-state index contributed by atoms with van der Waals surface area (Å²) >= 11 is 0. The van der Waals surface area contributed by atoms with Gasteiger partial charge in [-0.1, -0.05) is 24.3 Å². The molecule has 0 unspecified atom stereocenters. The number of hydrogen-bond donors (Lipinski definition) is 2. The molecule has 152 valence electrons. The molecular weight excluding hydrogens is 465 g/mol. The highest BCUT2D eigenvalue weighted by Gasteiger charge is 2.22. The van der Waals surface area contributed by atoms with Gasteiger partial charge < -0.3 is 20.1 Å². The van der Waals surface area contributed by atoms with E-state index in [1.54, 1.807) is 0 Å². The van der Waals surface area contributed by atoms with E-state index in [0.29, 0.717) is 13.0 Å². The predicted molar refractivity (Wildman–Crippen MR) is 124 cm³/mol. The summed E-state index contributed by atoms with van der Waals surface area (Å²) in [7, 11) is 2.01. The molecule has 28 heavy (non-hydrogen) atoms. The largest absolute Gasteiger partial charge is 0.357 e.